The Morgan fingerprint density at radius 2 is 0.833 bits per heavy atom. The first kappa shape index (κ1) is 44.0. The van der Waals surface area contributed by atoms with Gasteiger partial charge in [0.15, 0.2) is 0 Å². The first-order valence-electron chi connectivity index (χ1n) is 22.9. The summed E-state index contributed by atoms with van der Waals surface area (Å²) in [5, 5.41) is 14.7. The maximum absolute atomic E-state index is 15.3. The third kappa shape index (κ3) is 7.35. The minimum atomic E-state index is -5.22. The minimum Gasteiger partial charge on any atom is -0.308 e. The molecule has 0 saturated heterocycles. The van der Waals surface area contributed by atoms with Gasteiger partial charge in [-0.15, -0.1) is 0 Å². The summed E-state index contributed by atoms with van der Waals surface area (Å²) in [7, 11) is 0. The van der Waals surface area contributed by atoms with Crippen molar-refractivity contribution in [3.05, 3.63) is 229 Å². The lowest BCUT2D eigenvalue weighted by Gasteiger charge is -2.24. The topological polar surface area (TPSA) is 59.4 Å². The zero-order valence-electron chi connectivity index (χ0n) is 37.7. The van der Waals surface area contributed by atoms with Gasteiger partial charge in [-0.3, -0.25) is 9.97 Å². The zero-order valence-corrected chi connectivity index (χ0v) is 37.7. The molecule has 346 valence electrons. The van der Waals surface area contributed by atoms with Crippen LogP contribution >= 0.6 is 0 Å². The fourth-order valence-corrected chi connectivity index (χ4v) is 10.1. The van der Waals surface area contributed by atoms with Crippen LogP contribution in [-0.4, -0.2) is 19.1 Å². The second-order valence-corrected chi connectivity index (χ2v) is 17.5. The van der Waals surface area contributed by atoms with Crippen LogP contribution in [0, 0.1) is 11.3 Å². The molecule has 11 heteroatoms. The van der Waals surface area contributed by atoms with Crippen molar-refractivity contribution in [2.45, 2.75) is 12.4 Å². The summed E-state index contributed by atoms with van der Waals surface area (Å²) in [6.07, 6.45) is -6.93. The van der Waals surface area contributed by atoms with Crippen LogP contribution < -0.4 is 0 Å². The molecule has 0 aliphatic rings. The lowest BCUT2D eigenvalue weighted by Crippen LogP contribution is -2.16. The lowest BCUT2D eigenvalue weighted by atomic mass is 9.90. The number of nitrogens with zero attached hydrogens (tertiary/aromatic N) is 5. The summed E-state index contributed by atoms with van der Waals surface area (Å²) in [4.78, 5) is 9.50. The van der Waals surface area contributed by atoms with Crippen molar-refractivity contribution >= 4 is 43.6 Å². The molecule has 0 aliphatic heterocycles. The molecule has 4 aromatic heterocycles. The summed E-state index contributed by atoms with van der Waals surface area (Å²) in [6, 6.07) is 60.6. The Hall–Kier alpha value is -9.27. The number of rotatable bonds is 7. The van der Waals surface area contributed by atoms with Crippen LogP contribution in [0.4, 0.5) is 26.3 Å². The van der Waals surface area contributed by atoms with Crippen molar-refractivity contribution in [2.75, 3.05) is 0 Å². The van der Waals surface area contributed by atoms with E-state index in [1.807, 2.05) is 162 Å². The molecule has 0 unspecified atom stereocenters. The maximum atomic E-state index is 15.3. The van der Waals surface area contributed by atoms with Crippen LogP contribution in [-0.2, 0) is 12.4 Å². The Morgan fingerprint density at radius 1 is 0.389 bits per heavy atom. The molecule has 0 N–H and O–H groups in total. The highest BCUT2D eigenvalue weighted by molar-refractivity contribution is 6.13. The van der Waals surface area contributed by atoms with Crippen LogP contribution in [0.1, 0.15) is 16.7 Å². The fourth-order valence-electron chi connectivity index (χ4n) is 10.1. The standard InChI is InChI=1S/C61H35F6N5/c62-60(63,64)49-18-11-19-50(61(65,66)67)58(49)47-28-31-55(71-53-20-9-7-16-43(53)45-26-22-39(32-56(45)71)41-24-29-51(69-35-41)37-12-3-1-4-13-37)48(34-68)59(47)72-54-21-10-8-17-44(54)46-27-23-40(33-57(46)72)42-25-30-52(70-36-42)38-14-5-2-6-15-38/h1-33,35-36H. The van der Waals surface area contributed by atoms with E-state index in [1.165, 1.54) is 12.1 Å². The molecular weight excluding hydrogens is 917 g/mol. The van der Waals surface area contributed by atoms with E-state index in [4.69, 9.17) is 9.97 Å². The summed E-state index contributed by atoms with van der Waals surface area (Å²) >= 11 is 0. The highest BCUT2D eigenvalue weighted by Crippen LogP contribution is 2.49. The van der Waals surface area contributed by atoms with Crippen molar-refractivity contribution in [1.29, 1.82) is 5.26 Å². The molecule has 4 heterocycles. The monoisotopic (exact) mass is 951 g/mol. The first-order chi connectivity index (χ1) is 35.0. The fraction of sp³-hybridized carbons (Fsp3) is 0.0328. The number of alkyl halides is 6. The van der Waals surface area contributed by atoms with E-state index in [0.717, 1.165) is 56.0 Å². The summed E-state index contributed by atoms with van der Waals surface area (Å²) in [6.45, 7) is 0. The highest BCUT2D eigenvalue weighted by Gasteiger charge is 2.42. The largest absolute Gasteiger partial charge is 0.417 e. The van der Waals surface area contributed by atoms with Crippen molar-refractivity contribution in [3.63, 3.8) is 0 Å². The summed E-state index contributed by atoms with van der Waals surface area (Å²) < 4.78 is 95.5. The average Bonchev–Trinajstić information content (AvgIpc) is 3.92. The number of hydrogen-bond acceptors (Lipinski definition) is 3. The van der Waals surface area contributed by atoms with Crippen molar-refractivity contribution in [2.24, 2.45) is 0 Å². The molecule has 0 atom stereocenters. The smallest absolute Gasteiger partial charge is 0.308 e. The number of para-hydroxylation sites is 2. The Labute approximate surface area is 407 Å². The molecule has 0 spiro atoms. The Bertz CT molecular complexity index is 4080. The van der Waals surface area contributed by atoms with Gasteiger partial charge >= 0.3 is 12.4 Å². The van der Waals surface area contributed by atoms with E-state index in [1.54, 1.807) is 29.1 Å². The van der Waals surface area contributed by atoms with E-state index in [0.29, 0.717) is 50.5 Å². The van der Waals surface area contributed by atoms with Gasteiger partial charge in [0.25, 0.3) is 0 Å². The van der Waals surface area contributed by atoms with Gasteiger partial charge < -0.3 is 9.13 Å². The van der Waals surface area contributed by atoms with E-state index in [9.17, 15) is 5.26 Å². The number of hydrogen-bond donors (Lipinski definition) is 0. The predicted molar refractivity (Wildman–Crippen MR) is 273 cm³/mol. The highest BCUT2D eigenvalue weighted by atomic mass is 19.4. The maximum Gasteiger partial charge on any atom is 0.417 e. The number of benzene rings is 8. The molecule has 0 amide bonds. The normalized spacial score (nSPS) is 12.0. The van der Waals surface area contributed by atoms with Gasteiger partial charge in [-0.25, -0.2) is 0 Å². The Morgan fingerprint density at radius 3 is 1.31 bits per heavy atom. The predicted octanol–water partition coefficient (Wildman–Crippen LogP) is 16.9. The number of pyridine rings is 2. The number of halogens is 6. The van der Waals surface area contributed by atoms with E-state index >= 15 is 26.3 Å². The van der Waals surface area contributed by atoms with Gasteiger partial charge in [0, 0.05) is 67.3 Å². The summed E-state index contributed by atoms with van der Waals surface area (Å²) in [5.74, 6) is 0. The average molecular weight is 952 g/mol. The first-order valence-corrected chi connectivity index (χ1v) is 22.9. The molecule has 72 heavy (non-hydrogen) atoms. The molecule has 0 radical (unpaired) electrons. The number of aromatic nitrogens is 4. The van der Waals surface area contributed by atoms with Gasteiger partial charge in [0.2, 0.25) is 0 Å². The van der Waals surface area contributed by atoms with E-state index in [-0.39, 0.29) is 16.9 Å². The third-order valence-corrected chi connectivity index (χ3v) is 13.4. The lowest BCUT2D eigenvalue weighted by molar-refractivity contribution is -0.142. The molecule has 0 aliphatic carbocycles. The van der Waals surface area contributed by atoms with Crippen LogP contribution in [0.15, 0.2) is 213 Å². The number of nitriles is 1. The van der Waals surface area contributed by atoms with Crippen molar-refractivity contribution in [1.82, 2.24) is 19.1 Å². The van der Waals surface area contributed by atoms with Crippen LogP contribution in [0.25, 0.3) is 111 Å². The van der Waals surface area contributed by atoms with Crippen molar-refractivity contribution in [3.8, 4) is 73.3 Å². The molecule has 5 nitrogen and oxygen atoms in total. The molecular formula is C61H35F6N5. The van der Waals surface area contributed by atoms with Crippen LogP contribution in [0.5, 0.6) is 0 Å². The molecule has 12 rings (SSSR count). The van der Waals surface area contributed by atoms with E-state index < -0.39 is 34.6 Å². The van der Waals surface area contributed by atoms with Gasteiger partial charge in [0.1, 0.15) is 11.6 Å². The van der Waals surface area contributed by atoms with Crippen LogP contribution in [0.2, 0.25) is 0 Å². The molecule has 12 aromatic rings. The Balaban J connectivity index is 1.16. The second kappa shape index (κ2) is 17.0. The van der Waals surface area contributed by atoms with Crippen molar-refractivity contribution < 1.29 is 26.3 Å². The van der Waals surface area contributed by atoms with Gasteiger partial charge in [-0.2, -0.15) is 31.6 Å². The molecule has 8 aromatic carbocycles. The second-order valence-electron chi connectivity index (χ2n) is 17.5. The third-order valence-electron chi connectivity index (χ3n) is 13.4. The van der Waals surface area contributed by atoms with E-state index in [2.05, 4.69) is 6.07 Å². The zero-order chi connectivity index (χ0) is 49.3. The van der Waals surface area contributed by atoms with Gasteiger partial charge in [-0.1, -0.05) is 146 Å². The SMILES string of the molecule is N#Cc1c(-n2c3ccccc3c3ccc(-c4ccc(-c5ccccc5)nc4)cc32)ccc(-c2c(C(F)(F)F)cccc2C(F)(F)F)c1-n1c2ccccc2c2ccc(-c3ccc(-c4ccccc4)nc3)cc21. The van der Waals surface area contributed by atoms with Crippen LogP contribution in [0.3, 0.4) is 0 Å². The quantitative estimate of drug-likeness (QED) is 0.150. The number of fused-ring (bicyclic) bond motifs is 6. The molecule has 0 saturated carbocycles. The van der Waals surface area contributed by atoms with Gasteiger partial charge in [0.05, 0.1) is 56.0 Å². The minimum absolute atomic E-state index is 0.151. The van der Waals surface area contributed by atoms with Gasteiger partial charge in [-0.05, 0) is 65.7 Å². The molecule has 0 fully saturated rings. The molecule has 0 bridgehead atoms. The summed E-state index contributed by atoms with van der Waals surface area (Å²) in [5.41, 5.74) is 4.09. The Kier molecular flexibility index (Phi) is 10.4.